The molecule has 0 amide bonds. The Bertz CT molecular complexity index is 996. The van der Waals surface area contributed by atoms with Gasteiger partial charge in [-0.1, -0.05) is 26.0 Å². The number of aryl methyl sites for hydroxylation is 1. The molecule has 1 atom stereocenters. The van der Waals surface area contributed by atoms with Gasteiger partial charge in [0.1, 0.15) is 11.4 Å². The van der Waals surface area contributed by atoms with Gasteiger partial charge in [0.15, 0.2) is 5.78 Å². The molecule has 5 heteroatoms. The summed E-state index contributed by atoms with van der Waals surface area (Å²) in [5.74, 6) is 0.166. The third-order valence-electron chi connectivity index (χ3n) is 6.45. The molecular formula is C25H31NO4. The van der Waals surface area contributed by atoms with E-state index < -0.39 is 11.9 Å². The zero-order valence-corrected chi connectivity index (χ0v) is 18.8. The molecule has 160 valence electrons. The normalized spacial score (nSPS) is 24.5. The number of carbonyl (C=O) groups is 2. The minimum atomic E-state index is -0.419. The summed E-state index contributed by atoms with van der Waals surface area (Å²) in [6.45, 7) is 10.3. The van der Waals surface area contributed by atoms with Gasteiger partial charge < -0.3 is 14.8 Å². The van der Waals surface area contributed by atoms with Gasteiger partial charge in [0.25, 0.3) is 0 Å². The van der Waals surface area contributed by atoms with Crippen molar-refractivity contribution in [2.45, 2.75) is 71.8 Å². The number of ether oxygens (including phenoxy) is 2. The number of esters is 1. The van der Waals surface area contributed by atoms with Gasteiger partial charge in [0.2, 0.25) is 0 Å². The molecule has 0 saturated carbocycles. The van der Waals surface area contributed by atoms with Crippen LogP contribution in [0.15, 0.2) is 40.7 Å². The van der Waals surface area contributed by atoms with Crippen LogP contribution in [0, 0.1) is 5.41 Å². The molecule has 0 unspecified atom stereocenters. The van der Waals surface area contributed by atoms with Gasteiger partial charge in [-0.25, -0.2) is 4.79 Å². The fraction of sp³-hybridized carbons (Fsp3) is 0.520. The highest BCUT2D eigenvalue weighted by molar-refractivity contribution is 6.04. The summed E-state index contributed by atoms with van der Waals surface area (Å²) in [4.78, 5) is 26.0. The summed E-state index contributed by atoms with van der Waals surface area (Å²) < 4.78 is 11.3. The first-order valence-electron chi connectivity index (χ1n) is 10.7. The molecule has 0 aromatic heterocycles. The standard InChI is InChI=1S/C25H31NO4/c1-14-20(23(28)29-6)21(22-17(26-14)12-24(2,3)13-18(22)27)16-7-8-19-15(11-16)9-10-25(4,5)30-19/h7-8,11,21,26H,9-10,12-13H2,1-6H3/t21-/m0/s1. The van der Waals surface area contributed by atoms with Crippen molar-refractivity contribution in [2.24, 2.45) is 5.41 Å². The minimum Gasteiger partial charge on any atom is -0.488 e. The van der Waals surface area contributed by atoms with Gasteiger partial charge in [0, 0.05) is 29.3 Å². The Morgan fingerprint density at radius 2 is 1.93 bits per heavy atom. The van der Waals surface area contributed by atoms with Gasteiger partial charge in [-0.3, -0.25) is 4.79 Å². The molecule has 1 aliphatic carbocycles. The number of hydrogen-bond donors (Lipinski definition) is 1. The van der Waals surface area contributed by atoms with Crippen molar-refractivity contribution >= 4 is 11.8 Å². The Balaban J connectivity index is 1.85. The van der Waals surface area contributed by atoms with E-state index in [-0.39, 0.29) is 16.8 Å². The van der Waals surface area contributed by atoms with Gasteiger partial charge in [-0.15, -0.1) is 0 Å². The van der Waals surface area contributed by atoms with E-state index >= 15 is 0 Å². The lowest BCUT2D eigenvalue weighted by Crippen LogP contribution is -2.38. The highest BCUT2D eigenvalue weighted by atomic mass is 16.5. The van der Waals surface area contributed by atoms with Crippen molar-refractivity contribution in [3.8, 4) is 5.75 Å². The number of allylic oxidation sites excluding steroid dienone is 3. The number of methoxy groups -OCH3 is 1. The SMILES string of the molecule is COC(=O)C1=C(C)NC2=C(C(=O)CC(C)(C)C2)[C@H]1c1ccc2c(c1)CCC(C)(C)O2. The third-order valence-corrected chi connectivity index (χ3v) is 6.45. The maximum Gasteiger partial charge on any atom is 0.336 e. The molecule has 30 heavy (non-hydrogen) atoms. The molecule has 0 bridgehead atoms. The molecule has 0 radical (unpaired) electrons. The molecule has 0 spiro atoms. The number of carbonyl (C=O) groups excluding carboxylic acids is 2. The number of nitrogens with one attached hydrogen (secondary N) is 1. The van der Waals surface area contributed by atoms with Crippen molar-refractivity contribution in [1.82, 2.24) is 5.32 Å². The zero-order chi connectivity index (χ0) is 21.8. The number of hydrogen-bond acceptors (Lipinski definition) is 5. The average molecular weight is 410 g/mol. The maximum absolute atomic E-state index is 13.3. The Hall–Kier alpha value is -2.56. The van der Waals surface area contributed by atoms with E-state index in [1.54, 1.807) is 0 Å². The van der Waals surface area contributed by atoms with Crippen molar-refractivity contribution < 1.29 is 19.1 Å². The number of fused-ring (bicyclic) bond motifs is 1. The topological polar surface area (TPSA) is 64.6 Å². The summed E-state index contributed by atoms with van der Waals surface area (Å²) >= 11 is 0. The first kappa shape index (κ1) is 20.7. The second kappa shape index (κ2) is 7.00. The van der Waals surface area contributed by atoms with Crippen LogP contribution in [-0.2, 0) is 20.7 Å². The summed E-state index contributed by atoms with van der Waals surface area (Å²) in [5.41, 5.74) is 4.69. The van der Waals surface area contributed by atoms with Crippen LogP contribution in [0.4, 0.5) is 0 Å². The van der Waals surface area contributed by atoms with E-state index in [9.17, 15) is 9.59 Å². The van der Waals surface area contributed by atoms with Crippen LogP contribution in [0.5, 0.6) is 5.75 Å². The summed E-state index contributed by atoms with van der Waals surface area (Å²) in [7, 11) is 1.39. The van der Waals surface area contributed by atoms with Gasteiger partial charge in [0.05, 0.1) is 12.7 Å². The Morgan fingerprint density at radius 3 is 2.63 bits per heavy atom. The predicted molar refractivity (Wildman–Crippen MR) is 115 cm³/mol. The fourth-order valence-electron chi connectivity index (χ4n) is 5.01. The summed E-state index contributed by atoms with van der Waals surface area (Å²) in [6.07, 6.45) is 3.08. The lowest BCUT2D eigenvalue weighted by atomic mass is 9.68. The number of rotatable bonds is 2. The third kappa shape index (κ3) is 3.55. The molecular weight excluding hydrogens is 378 g/mol. The van der Waals surface area contributed by atoms with E-state index in [0.29, 0.717) is 17.6 Å². The van der Waals surface area contributed by atoms with E-state index in [1.807, 2.05) is 19.1 Å². The Labute approximate surface area is 178 Å². The molecule has 1 N–H and O–H groups in total. The highest BCUT2D eigenvalue weighted by Crippen LogP contribution is 2.47. The van der Waals surface area contributed by atoms with E-state index in [2.05, 4.69) is 39.1 Å². The lowest BCUT2D eigenvalue weighted by molar-refractivity contribution is -0.136. The number of dihydropyridines is 1. The van der Waals surface area contributed by atoms with Crippen LogP contribution in [0.25, 0.3) is 0 Å². The quantitative estimate of drug-likeness (QED) is 0.725. The molecule has 0 fully saturated rings. The largest absolute Gasteiger partial charge is 0.488 e. The maximum atomic E-state index is 13.3. The van der Waals surface area contributed by atoms with Crippen molar-refractivity contribution in [2.75, 3.05) is 7.11 Å². The average Bonchev–Trinajstić information content (AvgIpc) is 2.64. The Morgan fingerprint density at radius 1 is 1.20 bits per heavy atom. The second-order valence-electron chi connectivity index (χ2n) is 10.2. The smallest absolute Gasteiger partial charge is 0.336 e. The van der Waals surface area contributed by atoms with Gasteiger partial charge >= 0.3 is 5.97 Å². The molecule has 5 nitrogen and oxygen atoms in total. The number of benzene rings is 1. The Kier molecular flexibility index (Phi) is 4.83. The van der Waals surface area contributed by atoms with Crippen molar-refractivity contribution in [3.63, 3.8) is 0 Å². The minimum absolute atomic E-state index is 0.0998. The first-order chi connectivity index (χ1) is 14.0. The van der Waals surface area contributed by atoms with Crippen LogP contribution in [0.2, 0.25) is 0 Å². The van der Waals surface area contributed by atoms with E-state index in [0.717, 1.165) is 47.5 Å². The van der Waals surface area contributed by atoms with Crippen LogP contribution < -0.4 is 10.1 Å². The second-order valence-corrected chi connectivity index (χ2v) is 10.2. The molecule has 4 rings (SSSR count). The van der Waals surface area contributed by atoms with Gasteiger partial charge in [-0.05, 0) is 62.6 Å². The van der Waals surface area contributed by atoms with E-state index in [4.69, 9.17) is 9.47 Å². The lowest BCUT2D eigenvalue weighted by Gasteiger charge is -2.39. The van der Waals surface area contributed by atoms with Crippen LogP contribution >= 0.6 is 0 Å². The fourth-order valence-corrected chi connectivity index (χ4v) is 5.01. The first-order valence-corrected chi connectivity index (χ1v) is 10.7. The van der Waals surface area contributed by atoms with E-state index in [1.165, 1.54) is 7.11 Å². The monoisotopic (exact) mass is 409 g/mol. The number of ketones is 1. The van der Waals surface area contributed by atoms with Crippen LogP contribution in [-0.4, -0.2) is 24.5 Å². The number of Topliss-reactive ketones (excluding diaryl/α,β-unsaturated/α-hetero) is 1. The van der Waals surface area contributed by atoms with Crippen molar-refractivity contribution in [3.05, 3.63) is 51.9 Å². The summed E-state index contributed by atoms with van der Waals surface area (Å²) in [5, 5.41) is 3.36. The van der Waals surface area contributed by atoms with Crippen LogP contribution in [0.1, 0.15) is 70.9 Å². The highest BCUT2D eigenvalue weighted by Gasteiger charge is 2.43. The van der Waals surface area contributed by atoms with Crippen molar-refractivity contribution in [1.29, 1.82) is 0 Å². The predicted octanol–water partition coefficient (Wildman–Crippen LogP) is 4.57. The molecule has 3 aliphatic rings. The van der Waals surface area contributed by atoms with Gasteiger partial charge in [-0.2, -0.15) is 0 Å². The van der Waals surface area contributed by atoms with Crippen LogP contribution in [0.3, 0.4) is 0 Å². The molecule has 0 saturated heterocycles. The molecule has 2 heterocycles. The molecule has 1 aromatic carbocycles. The summed E-state index contributed by atoms with van der Waals surface area (Å²) in [6, 6.07) is 6.08. The zero-order valence-electron chi connectivity index (χ0n) is 18.8. The molecule has 2 aliphatic heterocycles. The molecule has 1 aromatic rings.